The van der Waals surface area contributed by atoms with Crippen LogP contribution in [0.15, 0.2) is 46.9 Å². The zero-order chi connectivity index (χ0) is 13.7. The number of hydrogen-bond donors (Lipinski definition) is 0. The second-order valence-corrected chi connectivity index (χ2v) is 5.42. The first-order chi connectivity index (χ1) is 9.24. The highest BCUT2D eigenvalue weighted by atomic mass is 79.9. The topological polar surface area (TPSA) is 18.5 Å². The van der Waals surface area contributed by atoms with Gasteiger partial charge in [-0.2, -0.15) is 0 Å². The van der Waals surface area contributed by atoms with Crippen LogP contribution in [-0.2, 0) is 11.9 Å². The van der Waals surface area contributed by atoms with Crippen LogP contribution in [0.3, 0.4) is 0 Å². The third-order valence-electron chi connectivity index (χ3n) is 2.71. The molecule has 19 heavy (non-hydrogen) atoms. The molecule has 2 aromatic rings. The van der Waals surface area contributed by atoms with E-state index in [9.17, 15) is 0 Å². The molecular weight excluding hydrogens is 372 g/mol. The summed E-state index contributed by atoms with van der Waals surface area (Å²) in [5.74, 6) is 1.48. The lowest BCUT2D eigenvalue weighted by Crippen LogP contribution is -1.98. The smallest absolute Gasteiger partial charge is 0.162 e. The molecule has 0 fully saturated rings. The Morgan fingerprint density at radius 3 is 2.42 bits per heavy atom. The van der Waals surface area contributed by atoms with Crippen LogP contribution in [0.2, 0.25) is 0 Å². The zero-order valence-electron chi connectivity index (χ0n) is 10.5. The Balaban J connectivity index is 2.18. The normalized spacial score (nSPS) is 10.3. The number of ether oxygens (including phenoxy) is 2. The van der Waals surface area contributed by atoms with Gasteiger partial charge in [0.25, 0.3) is 0 Å². The van der Waals surface area contributed by atoms with Crippen LogP contribution in [0.25, 0.3) is 0 Å². The van der Waals surface area contributed by atoms with E-state index in [0.29, 0.717) is 6.61 Å². The van der Waals surface area contributed by atoms with Gasteiger partial charge in [-0.05, 0) is 23.3 Å². The van der Waals surface area contributed by atoms with E-state index in [1.807, 2.05) is 42.5 Å². The summed E-state index contributed by atoms with van der Waals surface area (Å²) in [6.07, 6.45) is 0. The molecule has 0 bridgehead atoms. The molecule has 0 aliphatic carbocycles. The maximum absolute atomic E-state index is 5.82. The Hall–Kier alpha value is -1.00. The lowest BCUT2D eigenvalue weighted by atomic mass is 10.2. The van der Waals surface area contributed by atoms with Crippen LogP contribution in [0, 0.1) is 0 Å². The Morgan fingerprint density at radius 1 is 1.05 bits per heavy atom. The first-order valence-corrected chi connectivity index (χ1v) is 7.75. The van der Waals surface area contributed by atoms with E-state index in [4.69, 9.17) is 9.47 Å². The van der Waals surface area contributed by atoms with E-state index >= 15 is 0 Å². The van der Waals surface area contributed by atoms with E-state index < -0.39 is 0 Å². The van der Waals surface area contributed by atoms with Gasteiger partial charge in [-0.15, -0.1) is 0 Å². The molecule has 0 spiro atoms. The van der Waals surface area contributed by atoms with Crippen LogP contribution in [0.4, 0.5) is 0 Å². The summed E-state index contributed by atoms with van der Waals surface area (Å²) in [7, 11) is 1.65. The number of benzene rings is 2. The Bertz CT molecular complexity index is 541. The molecule has 100 valence electrons. The molecule has 0 N–H and O–H groups in total. The quantitative estimate of drug-likeness (QED) is 0.679. The minimum Gasteiger partial charge on any atom is -0.493 e. The summed E-state index contributed by atoms with van der Waals surface area (Å²) < 4.78 is 12.2. The third-order valence-corrected chi connectivity index (χ3v) is 4.06. The summed E-state index contributed by atoms with van der Waals surface area (Å²) >= 11 is 6.98. The summed E-state index contributed by atoms with van der Waals surface area (Å²) in [5.41, 5.74) is 2.26. The molecule has 0 amide bonds. The first kappa shape index (κ1) is 14.4. The van der Waals surface area contributed by atoms with Crippen LogP contribution in [0.5, 0.6) is 11.5 Å². The Morgan fingerprint density at radius 2 is 1.79 bits per heavy atom. The van der Waals surface area contributed by atoms with Gasteiger partial charge in [-0.3, -0.25) is 0 Å². The predicted octanol–water partition coefficient (Wildman–Crippen LogP) is 4.93. The fourth-order valence-corrected chi connectivity index (χ4v) is 2.99. The van der Waals surface area contributed by atoms with E-state index in [1.165, 1.54) is 0 Å². The van der Waals surface area contributed by atoms with Crippen LogP contribution < -0.4 is 9.47 Å². The monoisotopic (exact) mass is 384 g/mol. The van der Waals surface area contributed by atoms with Gasteiger partial charge < -0.3 is 9.47 Å². The molecule has 2 aromatic carbocycles. The fourth-order valence-electron chi connectivity index (χ4n) is 1.69. The molecule has 2 rings (SSSR count). The van der Waals surface area contributed by atoms with E-state index in [0.717, 1.165) is 32.4 Å². The highest BCUT2D eigenvalue weighted by Crippen LogP contribution is 2.34. The van der Waals surface area contributed by atoms with Gasteiger partial charge in [-0.1, -0.05) is 62.2 Å². The van der Waals surface area contributed by atoms with Crippen LogP contribution >= 0.6 is 31.9 Å². The minimum absolute atomic E-state index is 0.525. The first-order valence-electron chi connectivity index (χ1n) is 5.83. The molecule has 0 unspecified atom stereocenters. The maximum atomic E-state index is 5.82. The third kappa shape index (κ3) is 3.74. The summed E-state index contributed by atoms with van der Waals surface area (Å²) in [6, 6.07) is 14.0. The van der Waals surface area contributed by atoms with Crippen molar-refractivity contribution in [2.24, 2.45) is 0 Å². The minimum atomic E-state index is 0.525. The summed E-state index contributed by atoms with van der Waals surface area (Å²) in [5, 5.41) is 0.767. The lowest BCUT2D eigenvalue weighted by Gasteiger charge is -2.13. The number of alkyl halides is 1. The van der Waals surface area contributed by atoms with Gasteiger partial charge in [0.1, 0.15) is 6.61 Å². The second kappa shape index (κ2) is 6.96. The van der Waals surface area contributed by atoms with Crippen molar-refractivity contribution in [3.05, 3.63) is 58.1 Å². The molecule has 0 saturated heterocycles. The molecule has 0 aromatic heterocycles. The average Bonchev–Trinajstić information content (AvgIpc) is 2.46. The highest BCUT2D eigenvalue weighted by Gasteiger charge is 2.09. The molecule has 0 saturated carbocycles. The van der Waals surface area contributed by atoms with Gasteiger partial charge in [-0.25, -0.2) is 0 Å². The molecule has 4 heteroatoms. The standard InChI is InChI=1S/C15H14Br2O2/c1-18-14-7-12(9-16)13(17)8-15(14)19-10-11-5-3-2-4-6-11/h2-8H,9-10H2,1H3. The predicted molar refractivity (Wildman–Crippen MR) is 84.1 cm³/mol. The number of halogens is 2. The van der Waals surface area contributed by atoms with E-state index in [2.05, 4.69) is 31.9 Å². The van der Waals surface area contributed by atoms with Crippen molar-refractivity contribution >= 4 is 31.9 Å². The van der Waals surface area contributed by atoms with Gasteiger partial charge in [0.05, 0.1) is 7.11 Å². The number of hydrogen-bond acceptors (Lipinski definition) is 2. The zero-order valence-corrected chi connectivity index (χ0v) is 13.7. The van der Waals surface area contributed by atoms with Crippen molar-refractivity contribution in [3.8, 4) is 11.5 Å². The summed E-state index contributed by atoms with van der Waals surface area (Å²) in [6.45, 7) is 0.525. The Labute approximate surface area is 130 Å². The van der Waals surface area contributed by atoms with Gasteiger partial charge in [0.2, 0.25) is 0 Å². The van der Waals surface area contributed by atoms with E-state index in [-0.39, 0.29) is 0 Å². The van der Waals surface area contributed by atoms with Gasteiger partial charge in [0, 0.05) is 9.80 Å². The molecule has 0 aliphatic heterocycles. The van der Waals surface area contributed by atoms with Crippen LogP contribution in [-0.4, -0.2) is 7.11 Å². The fraction of sp³-hybridized carbons (Fsp3) is 0.200. The molecule has 2 nitrogen and oxygen atoms in total. The Kier molecular flexibility index (Phi) is 5.28. The maximum Gasteiger partial charge on any atom is 0.162 e. The molecule has 0 atom stereocenters. The molecule has 0 radical (unpaired) electrons. The van der Waals surface area contributed by atoms with Crippen molar-refractivity contribution in [1.82, 2.24) is 0 Å². The van der Waals surface area contributed by atoms with E-state index in [1.54, 1.807) is 7.11 Å². The molecule has 0 aliphatic rings. The largest absolute Gasteiger partial charge is 0.493 e. The van der Waals surface area contributed by atoms with Crippen molar-refractivity contribution in [2.75, 3.05) is 7.11 Å². The molecular formula is C15H14Br2O2. The molecule has 0 heterocycles. The number of rotatable bonds is 5. The van der Waals surface area contributed by atoms with Crippen molar-refractivity contribution < 1.29 is 9.47 Å². The van der Waals surface area contributed by atoms with Crippen LogP contribution in [0.1, 0.15) is 11.1 Å². The van der Waals surface area contributed by atoms with Crippen molar-refractivity contribution in [3.63, 3.8) is 0 Å². The van der Waals surface area contributed by atoms with Crippen molar-refractivity contribution in [1.29, 1.82) is 0 Å². The van der Waals surface area contributed by atoms with Gasteiger partial charge >= 0.3 is 0 Å². The lowest BCUT2D eigenvalue weighted by molar-refractivity contribution is 0.284. The second-order valence-electron chi connectivity index (χ2n) is 4.00. The average molecular weight is 386 g/mol. The summed E-state index contributed by atoms with van der Waals surface area (Å²) in [4.78, 5) is 0. The van der Waals surface area contributed by atoms with Gasteiger partial charge in [0.15, 0.2) is 11.5 Å². The SMILES string of the molecule is COc1cc(CBr)c(Br)cc1OCc1ccccc1. The number of methoxy groups -OCH3 is 1. The highest BCUT2D eigenvalue weighted by molar-refractivity contribution is 9.10. The van der Waals surface area contributed by atoms with Crippen molar-refractivity contribution in [2.45, 2.75) is 11.9 Å².